The Balaban J connectivity index is 1.66. The number of rotatable bonds is 13. The minimum absolute atomic E-state index is 0.430. The van der Waals surface area contributed by atoms with Gasteiger partial charge in [-0.3, -0.25) is 4.57 Å². The van der Waals surface area contributed by atoms with Crippen LogP contribution in [-0.2, 0) is 5.79 Å². The molecule has 2 heterocycles. The summed E-state index contributed by atoms with van der Waals surface area (Å²) in [5, 5.41) is 0. The highest BCUT2D eigenvalue weighted by atomic mass is 16.5. The van der Waals surface area contributed by atoms with Gasteiger partial charge in [0.15, 0.2) is 5.82 Å². The Morgan fingerprint density at radius 2 is 0.810 bits per heavy atom. The van der Waals surface area contributed by atoms with Crippen molar-refractivity contribution in [3.05, 3.63) is 162 Å². The van der Waals surface area contributed by atoms with Crippen LogP contribution in [0.25, 0.3) is 33.9 Å². The molecule has 0 N–H and O–H groups in total. The smallest absolute Gasteiger partial charge is 0.269 e. The predicted octanol–water partition coefficient (Wildman–Crippen LogP) is 9.59. The van der Waals surface area contributed by atoms with Crippen LogP contribution in [0, 0.1) is 0 Å². The number of aliphatic imine (C=N–C) groups is 2. The third-order valence-electron chi connectivity index (χ3n) is 10.1. The summed E-state index contributed by atoms with van der Waals surface area (Å²) in [5.41, 5.74) is 7.22. The number of imidazole rings is 1. The third kappa shape index (κ3) is 6.48. The van der Waals surface area contributed by atoms with Crippen molar-refractivity contribution >= 4 is 11.4 Å². The fourth-order valence-electron chi connectivity index (χ4n) is 7.47. The van der Waals surface area contributed by atoms with Crippen LogP contribution < -0.4 is 28.4 Å². The number of aromatic nitrogens is 2. The van der Waals surface area contributed by atoms with Gasteiger partial charge in [-0.15, -0.1) is 0 Å². The lowest BCUT2D eigenvalue weighted by Gasteiger charge is -2.32. The van der Waals surface area contributed by atoms with Crippen molar-refractivity contribution in [3.8, 4) is 68.4 Å². The van der Waals surface area contributed by atoms with E-state index >= 15 is 0 Å². The second kappa shape index (κ2) is 16.0. The summed E-state index contributed by atoms with van der Waals surface area (Å²) in [6.07, 6.45) is 0. The Morgan fingerprint density at radius 3 is 1.21 bits per heavy atom. The summed E-state index contributed by atoms with van der Waals surface area (Å²) < 4.78 is 38.4. The first-order valence-electron chi connectivity index (χ1n) is 18.6. The van der Waals surface area contributed by atoms with Gasteiger partial charge in [-0.25, -0.2) is 15.0 Å². The first kappa shape index (κ1) is 37.6. The number of ether oxygens (including phenoxy) is 6. The van der Waals surface area contributed by atoms with E-state index < -0.39 is 5.79 Å². The van der Waals surface area contributed by atoms with E-state index in [4.69, 9.17) is 43.4 Å². The normalized spacial score (nSPS) is 13.0. The molecule has 0 aliphatic carbocycles. The standard InChI is InChI=1S/C48H42N4O6/c1-53-35-27-37(55-3)41(38(28-35)56-4)47-49-45(33-23-15-9-16-24-33)46(34-25-17-10-18-26-34)52(47)48(42-39(57-5)29-36(54-2)30-40(42)58-6)50-43(31-19-11-7-12-20-31)44(51-48)32-21-13-8-14-22-32/h7-30H,1-6H3. The van der Waals surface area contributed by atoms with Crippen molar-refractivity contribution in [1.29, 1.82) is 0 Å². The lowest BCUT2D eigenvalue weighted by Crippen LogP contribution is -2.32. The van der Waals surface area contributed by atoms with Gasteiger partial charge < -0.3 is 28.4 Å². The minimum atomic E-state index is -1.70. The molecule has 1 aliphatic rings. The lowest BCUT2D eigenvalue weighted by atomic mass is 10.0. The van der Waals surface area contributed by atoms with Crippen LogP contribution in [0.2, 0.25) is 0 Å². The molecule has 0 radical (unpaired) electrons. The van der Waals surface area contributed by atoms with E-state index in [9.17, 15) is 0 Å². The molecule has 0 fully saturated rings. The van der Waals surface area contributed by atoms with Gasteiger partial charge in [0.05, 0.1) is 65.5 Å². The van der Waals surface area contributed by atoms with Crippen molar-refractivity contribution in [1.82, 2.24) is 9.55 Å². The maximum atomic E-state index is 6.28. The van der Waals surface area contributed by atoms with Crippen molar-refractivity contribution < 1.29 is 28.4 Å². The second-order valence-corrected chi connectivity index (χ2v) is 13.3. The average molecular weight is 771 g/mol. The van der Waals surface area contributed by atoms with E-state index in [2.05, 4.69) is 16.7 Å². The molecular formula is C48H42N4O6. The molecule has 1 aromatic heterocycles. The zero-order chi connectivity index (χ0) is 40.2. The van der Waals surface area contributed by atoms with Crippen molar-refractivity contribution in [2.24, 2.45) is 9.98 Å². The predicted molar refractivity (Wildman–Crippen MR) is 227 cm³/mol. The maximum Gasteiger partial charge on any atom is 0.269 e. The summed E-state index contributed by atoms with van der Waals surface area (Å²) in [4.78, 5) is 17.2. The molecule has 0 atom stereocenters. The first-order chi connectivity index (χ1) is 28.5. The molecule has 0 bridgehead atoms. The molecular weight excluding hydrogens is 729 g/mol. The summed E-state index contributed by atoms with van der Waals surface area (Å²) in [6, 6.07) is 47.5. The van der Waals surface area contributed by atoms with Crippen LogP contribution in [0.1, 0.15) is 16.7 Å². The molecule has 0 unspecified atom stereocenters. The van der Waals surface area contributed by atoms with Gasteiger partial charge in [0.25, 0.3) is 5.79 Å². The summed E-state index contributed by atoms with van der Waals surface area (Å²) >= 11 is 0. The Kier molecular flexibility index (Phi) is 10.4. The van der Waals surface area contributed by atoms with Crippen molar-refractivity contribution in [2.45, 2.75) is 5.79 Å². The molecule has 0 spiro atoms. The Labute approximate surface area is 337 Å². The molecule has 7 aromatic rings. The van der Waals surface area contributed by atoms with E-state index in [0.717, 1.165) is 27.9 Å². The van der Waals surface area contributed by atoms with Gasteiger partial charge in [0.1, 0.15) is 45.6 Å². The van der Waals surface area contributed by atoms with Gasteiger partial charge in [-0.05, 0) is 0 Å². The highest BCUT2D eigenvalue weighted by Gasteiger charge is 2.49. The van der Waals surface area contributed by atoms with Gasteiger partial charge in [0.2, 0.25) is 0 Å². The van der Waals surface area contributed by atoms with E-state index in [-0.39, 0.29) is 0 Å². The summed E-state index contributed by atoms with van der Waals surface area (Å²) in [6.45, 7) is 0. The molecule has 8 rings (SSSR count). The summed E-state index contributed by atoms with van der Waals surface area (Å²) in [7, 11) is 9.65. The van der Waals surface area contributed by atoms with Crippen molar-refractivity contribution in [2.75, 3.05) is 42.7 Å². The number of methoxy groups -OCH3 is 6. The summed E-state index contributed by atoms with van der Waals surface area (Å²) in [5.74, 6) is 1.61. The molecule has 0 saturated heterocycles. The lowest BCUT2D eigenvalue weighted by molar-refractivity contribution is 0.325. The third-order valence-corrected chi connectivity index (χ3v) is 10.1. The van der Waals surface area contributed by atoms with E-state index in [1.165, 1.54) is 0 Å². The van der Waals surface area contributed by atoms with Gasteiger partial charge >= 0.3 is 0 Å². The van der Waals surface area contributed by atoms with Gasteiger partial charge in [-0.2, -0.15) is 0 Å². The highest BCUT2D eigenvalue weighted by Crippen LogP contribution is 2.54. The molecule has 58 heavy (non-hydrogen) atoms. The molecule has 6 aromatic carbocycles. The van der Waals surface area contributed by atoms with E-state index in [1.54, 1.807) is 42.7 Å². The van der Waals surface area contributed by atoms with Gasteiger partial charge in [0, 0.05) is 46.5 Å². The van der Waals surface area contributed by atoms with Crippen LogP contribution in [0.5, 0.6) is 34.5 Å². The molecule has 0 saturated carbocycles. The first-order valence-corrected chi connectivity index (χ1v) is 18.6. The Bertz CT molecular complexity index is 2520. The fraction of sp³-hybridized carbons (Fsp3) is 0.146. The van der Waals surface area contributed by atoms with Crippen LogP contribution in [0.3, 0.4) is 0 Å². The molecule has 0 amide bonds. The quantitative estimate of drug-likeness (QED) is 0.115. The molecule has 10 heteroatoms. The van der Waals surface area contributed by atoms with Crippen LogP contribution in [0.4, 0.5) is 0 Å². The average Bonchev–Trinajstić information content (AvgIpc) is 3.90. The molecule has 290 valence electrons. The Hall–Kier alpha value is -7.33. The number of benzene rings is 6. The van der Waals surface area contributed by atoms with Crippen LogP contribution in [0.15, 0.2) is 156 Å². The zero-order valence-corrected chi connectivity index (χ0v) is 33.1. The maximum absolute atomic E-state index is 6.28. The van der Waals surface area contributed by atoms with Crippen LogP contribution in [-0.4, -0.2) is 63.6 Å². The number of nitrogens with zero attached hydrogens (tertiary/aromatic N) is 4. The largest absolute Gasteiger partial charge is 0.496 e. The zero-order valence-electron chi connectivity index (χ0n) is 33.1. The van der Waals surface area contributed by atoms with Crippen LogP contribution >= 0.6 is 0 Å². The van der Waals surface area contributed by atoms with Crippen molar-refractivity contribution in [3.63, 3.8) is 0 Å². The Morgan fingerprint density at radius 1 is 0.431 bits per heavy atom. The fourth-order valence-corrected chi connectivity index (χ4v) is 7.47. The second-order valence-electron chi connectivity index (χ2n) is 13.3. The SMILES string of the molecule is COc1cc(OC)c(-c2nc(-c3ccccc3)c(-c3ccccc3)n2C2(c3c(OC)cc(OC)cc3OC)N=C(c3ccccc3)C(c3ccccc3)=N2)c(OC)c1. The van der Waals surface area contributed by atoms with Gasteiger partial charge in [-0.1, -0.05) is 121 Å². The number of hydrogen-bond acceptors (Lipinski definition) is 9. The van der Waals surface area contributed by atoms with E-state index in [0.29, 0.717) is 68.6 Å². The molecule has 1 aliphatic heterocycles. The highest BCUT2D eigenvalue weighted by molar-refractivity contribution is 6.54. The monoisotopic (exact) mass is 770 g/mol. The topological polar surface area (TPSA) is 97.9 Å². The molecule has 10 nitrogen and oxygen atoms in total. The number of hydrogen-bond donors (Lipinski definition) is 0. The van der Waals surface area contributed by atoms with E-state index in [1.807, 2.05) is 133 Å². The minimum Gasteiger partial charge on any atom is -0.496 e.